The highest BCUT2D eigenvalue weighted by atomic mass is 35.5. The first-order chi connectivity index (χ1) is 18.2. The highest BCUT2D eigenvalue weighted by molar-refractivity contribution is 7.89. The number of nitrogens with one attached hydrogen (secondary N) is 1. The molecular weight excluding hydrogens is 526 g/mol. The van der Waals surface area contributed by atoms with E-state index in [0.29, 0.717) is 16.1 Å². The van der Waals surface area contributed by atoms with Gasteiger partial charge in [-0.3, -0.25) is 9.78 Å². The van der Waals surface area contributed by atoms with E-state index in [1.54, 1.807) is 24.3 Å². The molecule has 0 aliphatic rings. The molecule has 0 radical (unpaired) electrons. The molecule has 0 spiro atoms. The summed E-state index contributed by atoms with van der Waals surface area (Å²) in [6.45, 7) is 0.189. The second-order valence-electron chi connectivity index (χ2n) is 8.44. The Morgan fingerprint density at radius 2 is 1.50 bits per heavy atom. The number of carboxylic acid groups (broad SMARTS) is 1. The summed E-state index contributed by atoms with van der Waals surface area (Å²) < 4.78 is 28.4. The third kappa shape index (κ3) is 6.63. The molecule has 0 aliphatic carbocycles. The number of aromatic nitrogens is 1. The van der Waals surface area contributed by atoms with Gasteiger partial charge in [-0.2, -0.15) is 4.31 Å². The zero-order chi connectivity index (χ0) is 27.1. The van der Waals surface area contributed by atoms with Crippen molar-refractivity contribution in [3.8, 4) is 0 Å². The molecule has 1 heterocycles. The van der Waals surface area contributed by atoms with Crippen LogP contribution in [0.1, 0.15) is 33.1 Å². The standard InChI is InChI=1S/C28H24ClN3O5S/c29-24-12-14-25(15-13-24)38(36,37)32(18-20-5-2-1-3-6-20)19-21-8-10-22(11-9-21)27(33)31-26(28(34)35)23-7-4-16-30-17-23/h1-17,26H,18-19H2,(H,31,33)(H,34,35). The summed E-state index contributed by atoms with van der Waals surface area (Å²) in [6, 6.07) is 23.4. The first-order valence-electron chi connectivity index (χ1n) is 11.6. The molecule has 1 unspecified atom stereocenters. The molecular formula is C28H24ClN3O5S. The summed E-state index contributed by atoms with van der Waals surface area (Å²) in [5.41, 5.74) is 2.04. The fraction of sp³-hybridized carbons (Fsp3) is 0.107. The quantitative estimate of drug-likeness (QED) is 0.296. The number of pyridine rings is 1. The van der Waals surface area contributed by atoms with Crippen molar-refractivity contribution < 1.29 is 23.1 Å². The van der Waals surface area contributed by atoms with Crippen molar-refractivity contribution in [2.24, 2.45) is 0 Å². The minimum absolute atomic E-state index is 0.0508. The van der Waals surface area contributed by atoms with E-state index < -0.39 is 27.9 Å². The van der Waals surface area contributed by atoms with Gasteiger partial charge in [0.1, 0.15) is 0 Å². The molecule has 3 aromatic carbocycles. The van der Waals surface area contributed by atoms with Gasteiger partial charge >= 0.3 is 5.97 Å². The van der Waals surface area contributed by atoms with Crippen LogP contribution >= 0.6 is 11.6 Å². The lowest BCUT2D eigenvalue weighted by Crippen LogP contribution is -2.33. The zero-order valence-corrected chi connectivity index (χ0v) is 21.6. The average Bonchev–Trinajstić information content (AvgIpc) is 2.93. The summed E-state index contributed by atoms with van der Waals surface area (Å²) in [4.78, 5) is 28.5. The van der Waals surface area contributed by atoms with E-state index in [1.807, 2.05) is 30.3 Å². The maximum Gasteiger partial charge on any atom is 0.330 e. The second-order valence-corrected chi connectivity index (χ2v) is 10.8. The maximum atomic E-state index is 13.5. The van der Waals surface area contributed by atoms with Crippen molar-refractivity contribution in [3.05, 3.63) is 131 Å². The Kier molecular flexibility index (Phi) is 8.52. The van der Waals surface area contributed by atoms with Crippen molar-refractivity contribution >= 4 is 33.5 Å². The van der Waals surface area contributed by atoms with Crippen LogP contribution in [-0.4, -0.2) is 34.7 Å². The lowest BCUT2D eigenvalue weighted by atomic mass is 10.1. The second kappa shape index (κ2) is 12.0. The molecule has 1 aromatic heterocycles. The van der Waals surface area contributed by atoms with E-state index in [0.717, 1.165) is 5.56 Å². The van der Waals surface area contributed by atoms with Gasteiger partial charge in [0.15, 0.2) is 6.04 Å². The van der Waals surface area contributed by atoms with Crippen LogP contribution in [0.25, 0.3) is 0 Å². The van der Waals surface area contributed by atoms with Crippen molar-refractivity contribution in [1.29, 1.82) is 0 Å². The predicted molar refractivity (Wildman–Crippen MR) is 143 cm³/mol. The van der Waals surface area contributed by atoms with Crippen LogP contribution in [0, 0.1) is 0 Å². The monoisotopic (exact) mass is 549 g/mol. The summed E-state index contributed by atoms with van der Waals surface area (Å²) >= 11 is 5.95. The van der Waals surface area contributed by atoms with Gasteiger partial charge in [0.05, 0.1) is 4.90 Å². The van der Waals surface area contributed by atoms with E-state index in [4.69, 9.17) is 11.6 Å². The number of hydrogen-bond donors (Lipinski definition) is 2. The number of aliphatic carboxylic acids is 1. The number of nitrogens with zero attached hydrogens (tertiary/aromatic N) is 2. The van der Waals surface area contributed by atoms with Crippen molar-refractivity contribution in [3.63, 3.8) is 0 Å². The van der Waals surface area contributed by atoms with Gasteiger partial charge < -0.3 is 10.4 Å². The SMILES string of the molecule is O=C(NC(C(=O)O)c1cccnc1)c1ccc(CN(Cc2ccccc2)S(=O)(=O)c2ccc(Cl)cc2)cc1. The van der Waals surface area contributed by atoms with E-state index in [9.17, 15) is 23.1 Å². The molecule has 4 rings (SSSR count). The molecule has 0 saturated carbocycles. The Morgan fingerprint density at radius 3 is 2.08 bits per heavy atom. The topological polar surface area (TPSA) is 117 Å². The molecule has 194 valence electrons. The molecule has 0 saturated heterocycles. The normalized spacial score (nSPS) is 12.2. The van der Waals surface area contributed by atoms with Crippen molar-refractivity contribution in [1.82, 2.24) is 14.6 Å². The third-order valence-corrected chi connectivity index (χ3v) is 7.83. The highest BCUT2D eigenvalue weighted by Gasteiger charge is 2.26. The van der Waals surface area contributed by atoms with Gasteiger partial charge in [0.2, 0.25) is 10.0 Å². The van der Waals surface area contributed by atoms with Crippen LogP contribution < -0.4 is 5.32 Å². The predicted octanol–water partition coefficient (Wildman–Crippen LogP) is 4.68. The van der Waals surface area contributed by atoms with Crippen molar-refractivity contribution in [2.45, 2.75) is 24.0 Å². The maximum absolute atomic E-state index is 13.5. The summed E-state index contributed by atoms with van der Waals surface area (Å²) in [5.74, 6) is -1.80. The lowest BCUT2D eigenvalue weighted by Gasteiger charge is -2.23. The molecule has 1 atom stereocenters. The Labute approximate surface area is 225 Å². The lowest BCUT2D eigenvalue weighted by molar-refractivity contribution is -0.139. The van der Waals surface area contributed by atoms with Crippen LogP contribution in [0.2, 0.25) is 5.02 Å². The zero-order valence-electron chi connectivity index (χ0n) is 20.1. The number of hydrogen-bond acceptors (Lipinski definition) is 5. The van der Waals surface area contributed by atoms with Gasteiger partial charge in [-0.1, -0.05) is 60.1 Å². The molecule has 0 aliphatic heterocycles. The van der Waals surface area contributed by atoms with Crippen LogP contribution in [0.4, 0.5) is 0 Å². The van der Waals surface area contributed by atoms with E-state index in [1.165, 1.54) is 53.1 Å². The number of rotatable bonds is 10. The Morgan fingerprint density at radius 1 is 0.868 bits per heavy atom. The molecule has 2 N–H and O–H groups in total. The number of carbonyl (C=O) groups is 2. The highest BCUT2D eigenvalue weighted by Crippen LogP contribution is 2.23. The molecule has 10 heteroatoms. The number of sulfonamides is 1. The van der Waals surface area contributed by atoms with E-state index in [2.05, 4.69) is 10.3 Å². The van der Waals surface area contributed by atoms with E-state index in [-0.39, 0.29) is 23.5 Å². The number of carbonyl (C=O) groups excluding carboxylic acids is 1. The van der Waals surface area contributed by atoms with Crippen LogP contribution in [0.15, 0.2) is 108 Å². The molecule has 38 heavy (non-hydrogen) atoms. The summed E-state index contributed by atoms with van der Waals surface area (Å²) in [5, 5.41) is 12.5. The number of amides is 1. The minimum Gasteiger partial charge on any atom is -0.479 e. The smallest absolute Gasteiger partial charge is 0.330 e. The Balaban J connectivity index is 1.55. The third-order valence-electron chi connectivity index (χ3n) is 5.77. The van der Waals surface area contributed by atoms with Crippen LogP contribution in [-0.2, 0) is 27.9 Å². The van der Waals surface area contributed by atoms with Gasteiger partial charge in [-0.25, -0.2) is 13.2 Å². The molecule has 1 amide bonds. The average molecular weight is 550 g/mol. The number of benzene rings is 3. The van der Waals surface area contributed by atoms with E-state index >= 15 is 0 Å². The molecule has 4 aromatic rings. The number of carboxylic acids is 1. The fourth-order valence-electron chi connectivity index (χ4n) is 3.78. The minimum atomic E-state index is -3.87. The first-order valence-corrected chi connectivity index (χ1v) is 13.4. The van der Waals surface area contributed by atoms with Crippen LogP contribution in [0.5, 0.6) is 0 Å². The van der Waals surface area contributed by atoms with Crippen molar-refractivity contribution in [2.75, 3.05) is 0 Å². The largest absolute Gasteiger partial charge is 0.479 e. The van der Waals surface area contributed by atoms with Gasteiger partial charge in [0.25, 0.3) is 5.91 Å². The summed E-state index contributed by atoms with van der Waals surface area (Å²) in [6.07, 6.45) is 2.89. The number of halogens is 1. The Hall–Kier alpha value is -4.05. The summed E-state index contributed by atoms with van der Waals surface area (Å²) in [7, 11) is -3.87. The van der Waals surface area contributed by atoms with Gasteiger partial charge in [0, 0.05) is 41.6 Å². The molecule has 0 fully saturated rings. The van der Waals surface area contributed by atoms with Gasteiger partial charge in [-0.05, 0) is 53.6 Å². The first kappa shape index (κ1) is 27.0. The van der Waals surface area contributed by atoms with Crippen LogP contribution in [0.3, 0.4) is 0 Å². The van der Waals surface area contributed by atoms with Gasteiger partial charge in [-0.15, -0.1) is 0 Å². The fourth-order valence-corrected chi connectivity index (χ4v) is 5.32. The Bertz CT molecular complexity index is 1500. The molecule has 8 nitrogen and oxygen atoms in total. The molecule has 0 bridgehead atoms.